The molecule has 2 N–H and O–H groups in total. The number of hydrogen-bond donors (Lipinski definition) is 2. The van der Waals surface area contributed by atoms with E-state index in [0.29, 0.717) is 22.7 Å². The van der Waals surface area contributed by atoms with Crippen LogP contribution in [0.1, 0.15) is 89.9 Å². The molecule has 8 rings (SSSR count). The summed E-state index contributed by atoms with van der Waals surface area (Å²) in [6.07, 6.45) is 5.77. The molecule has 3 amide bonds. The van der Waals surface area contributed by atoms with Gasteiger partial charge in [-0.3, -0.25) is 19.7 Å². The van der Waals surface area contributed by atoms with Crippen LogP contribution in [0.5, 0.6) is 0 Å². The molecule has 272 valence electrons. The predicted molar refractivity (Wildman–Crippen MR) is 198 cm³/mol. The van der Waals surface area contributed by atoms with Crippen LogP contribution in [0.4, 0.5) is 21.5 Å². The highest BCUT2D eigenvalue weighted by atomic mass is 19.1. The molecule has 4 aromatic rings. The Morgan fingerprint density at radius 2 is 1.77 bits per heavy atom. The van der Waals surface area contributed by atoms with Gasteiger partial charge in [0.2, 0.25) is 11.8 Å². The molecule has 2 saturated carbocycles. The van der Waals surface area contributed by atoms with Gasteiger partial charge in [0.15, 0.2) is 0 Å². The zero-order chi connectivity index (χ0) is 37.0. The predicted octanol–water partition coefficient (Wildman–Crippen LogP) is 7.53. The van der Waals surface area contributed by atoms with E-state index in [-0.39, 0.29) is 42.7 Å². The molecule has 1 saturated heterocycles. The molecule has 1 aromatic heterocycles. The van der Waals surface area contributed by atoms with Crippen molar-refractivity contribution >= 4 is 34.8 Å². The van der Waals surface area contributed by atoms with Crippen molar-refractivity contribution < 1.29 is 23.3 Å². The largest absolute Gasteiger partial charge is 0.380 e. The monoisotopic (exact) mass is 714 g/mol. The average molecular weight is 715 g/mol. The number of aromatic nitrogens is 1. The summed E-state index contributed by atoms with van der Waals surface area (Å²) in [6, 6.07) is 19.8. The van der Waals surface area contributed by atoms with Gasteiger partial charge in [0, 0.05) is 48.1 Å². The van der Waals surface area contributed by atoms with Crippen molar-refractivity contribution in [2.24, 2.45) is 5.92 Å². The number of rotatable bonds is 9. The van der Waals surface area contributed by atoms with Crippen LogP contribution in [0.2, 0.25) is 0 Å². The fraction of sp³-hybridized carbons (Fsp3) is 0.405. The number of carbonyl (C=O) groups excluding carboxylic acids is 3. The maximum Gasteiger partial charge on any atom is 0.255 e. The second-order valence-corrected chi connectivity index (χ2v) is 15.3. The number of nitriles is 1. The SMILES string of the molecule is Cc1ccc(-c2c(C)noc2C)cc1N(CC1CCC(Nc2cc3c(cc2F)CN(C2CCC(=O)NC2=O)C3=O)CC1)c1ccc(C2(C#N)CC2)cc1. The Kier molecular flexibility index (Phi) is 8.80. The molecule has 53 heavy (non-hydrogen) atoms. The third kappa shape index (κ3) is 6.45. The smallest absolute Gasteiger partial charge is 0.255 e. The number of benzene rings is 3. The first-order valence-corrected chi connectivity index (χ1v) is 18.6. The number of halogens is 1. The average Bonchev–Trinajstić information content (AvgIpc) is 3.80. The van der Waals surface area contributed by atoms with Gasteiger partial charge in [-0.2, -0.15) is 5.26 Å². The van der Waals surface area contributed by atoms with Crippen LogP contribution >= 0.6 is 0 Å². The molecule has 0 radical (unpaired) electrons. The number of aryl methyl sites for hydroxylation is 3. The number of piperidine rings is 1. The van der Waals surface area contributed by atoms with E-state index < -0.39 is 17.8 Å². The van der Waals surface area contributed by atoms with Gasteiger partial charge in [0.1, 0.15) is 17.6 Å². The third-order valence-corrected chi connectivity index (χ3v) is 11.8. The lowest BCUT2D eigenvalue weighted by molar-refractivity contribution is -0.136. The fourth-order valence-corrected chi connectivity index (χ4v) is 8.51. The summed E-state index contributed by atoms with van der Waals surface area (Å²) in [6.45, 7) is 6.95. The zero-order valence-corrected chi connectivity index (χ0v) is 30.3. The van der Waals surface area contributed by atoms with Crippen LogP contribution in [-0.2, 0) is 21.5 Å². The van der Waals surface area contributed by atoms with Crippen LogP contribution in [0.15, 0.2) is 59.1 Å². The Morgan fingerprint density at radius 3 is 2.43 bits per heavy atom. The summed E-state index contributed by atoms with van der Waals surface area (Å²) in [7, 11) is 0. The molecule has 1 atom stereocenters. The van der Waals surface area contributed by atoms with Crippen molar-refractivity contribution in [1.82, 2.24) is 15.4 Å². The first-order valence-electron chi connectivity index (χ1n) is 18.6. The van der Waals surface area contributed by atoms with E-state index in [2.05, 4.69) is 76.1 Å². The van der Waals surface area contributed by atoms with Crippen LogP contribution in [0.3, 0.4) is 0 Å². The van der Waals surface area contributed by atoms with Crippen LogP contribution in [0, 0.1) is 43.8 Å². The Bertz CT molecular complexity index is 2140. The molecule has 3 fully saturated rings. The summed E-state index contributed by atoms with van der Waals surface area (Å²) in [5, 5.41) is 19.7. The molecule has 2 aliphatic heterocycles. The van der Waals surface area contributed by atoms with E-state index in [9.17, 15) is 19.6 Å². The van der Waals surface area contributed by atoms with Crippen molar-refractivity contribution in [3.05, 3.63) is 94.1 Å². The number of anilines is 3. The molecular weight excluding hydrogens is 671 g/mol. The van der Waals surface area contributed by atoms with Crippen LogP contribution in [0.25, 0.3) is 11.1 Å². The van der Waals surface area contributed by atoms with Gasteiger partial charge in [-0.1, -0.05) is 29.4 Å². The summed E-state index contributed by atoms with van der Waals surface area (Å²) in [5.41, 5.74) is 8.17. The minimum Gasteiger partial charge on any atom is -0.380 e. The lowest BCUT2D eigenvalue weighted by Crippen LogP contribution is -2.52. The number of nitrogens with one attached hydrogen (secondary N) is 2. The quantitative estimate of drug-likeness (QED) is 0.170. The Hall–Kier alpha value is -5.50. The number of hydrogen-bond acceptors (Lipinski definition) is 8. The number of imide groups is 1. The highest BCUT2D eigenvalue weighted by Gasteiger charge is 2.45. The van der Waals surface area contributed by atoms with Crippen molar-refractivity contribution in [2.75, 3.05) is 16.8 Å². The fourth-order valence-electron chi connectivity index (χ4n) is 8.51. The van der Waals surface area contributed by atoms with E-state index in [0.717, 1.165) is 90.2 Å². The highest BCUT2D eigenvalue weighted by Crippen LogP contribution is 2.48. The van der Waals surface area contributed by atoms with E-state index in [1.165, 1.54) is 11.0 Å². The van der Waals surface area contributed by atoms with Gasteiger partial charge in [-0.05, 0) is 124 Å². The molecular formula is C42H43FN6O4. The maximum atomic E-state index is 15.4. The minimum atomic E-state index is -0.741. The summed E-state index contributed by atoms with van der Waals surface area (Å²) in [4.78, 5) is 41.3. The van der Waals surface area contributed by atoms with E-state index >= 15 is 4.39 Å². The number of fused-ring (bicyclic) bond motifs is 1. The van der Waals surface area contributed by atoms with Crippen molar-refractivity contribution in [1.29, 1.82) is 5.26 Å². The highest BCUT2D eigenvalue weighted by molar-refractivity contribution is 6.05. The molecule has 4 aliphatic rings. The molecule has 2 aliphatic carbocycles. The molecule has 11 heteroatoms. The molecule has 3 aromatic carbocycles. The zero-order valence-electron chi connectivity index (χ0n) is 30.3. The van der Waals surface area contributed by atoms with Gasteiger partial charge in [0.05, 0.1) is 22.9 Å². The minimum absolute atomic E-state index is 0.0413. The topological polar surface area (TPSA) is 132 Å². The second kappa shape index (κ2) is 13.5. The van der Waals surface area contributed by atoms with Gasteiger partial charge in [-0.25, -0.2) is 4.39 Å². The van der Waals surface area contributed by atoms with Crippen LogP contribution in [-0.4, -0.2) is 46.4 Å². The summed E-state index contributed by atoms with van der Waals surface area (Å²) >= 11 is 0. The first-order chi connectivity index (χ1) is 25.5. The lowest BCUT2D eigenvalue weighted by atomic mass is 9.85. The maximum absolute atomic E-state index is 15.4. The molecule has 0 bridgehead atoms. The molecule has 3 heterocycles. The van der Waals surface area contributed by atoms with Crippen molar-refractivity contribution in [3.63, 3.8) is 0 Å². The third-order valence-electron chi connectivity index (χ3n) is 11.8. The van der Waals surface area contributed by atoms with Crippen molar-refractivity contribution in [2.45, 2.75) is 96.2 Å². The van der Waals surface area contributed by atoms with Crippen LogP contribution < -0.4 is 15.5 Å². The summed E-state index contributed by atoms with van der Waals surface area (Å²) in [5.74, 6) is -0.412. The molecule has 1 unspecified atom stereocenters. The Labute approximate surface area is 308 Å². The van der Waals surface area contributed by atoms with Gasteiger partial charge in [0.25, 0.3) is 5.91 Å². The van der Waals surface area contributed by atoms with E-state index in [4.69, 9.17) is 4.52 Å². The van der Waals surface area contributed by atoms with Gasteiger partial charge in [-0.15, -0.1) is 0 Å². The lowest BCUT2D eigenvalue weighted by Gasteiger charge is -2.35. The second-order valence-electron chi connectivity index (χ2n) is 15.3. The Morgan fingerprint density at radius 1 is 1.02 bits per heavy atom. The normalized spacial score (nSPS) is 21.9. The molecule has 0 spiro atoms. The van der Waals surface area contributed by atoms with E-state index in [1.807, 2.05) is 13.8 Å². The molecule has 10 nitrogen and oxygen atoms in total. The number of nitrogens with zero attached hydrogens (tertiary/aromatic N) is 4. The van der Waals surface area contributed by atoms with Gasteiger partial charge >= 0.3 is 0 Å². The van der Waals surface area contributed by atoms with Gasteiger partial charge < -0.3 is 19.6 Å². The summed E-state index contributed by atoms with van der Waals surface area (Å²) < 4.78 is 21.0. The number of carbonyl (C=O) groups is 3. The van der Waals surface area contributed by atoms with Crippen molar-refractivity contribution in [3.8, 4) is 17.2 Å². The van der Waals surface area contributed by atoms with E-state index in [1.54, 1.807) is 6.07 Å². The standard InChI is InChI=1S/C42H43FN6O4/c1-24-4-7-28(39-25(2)47-53-26(39)3)19-37(24)48(32-12-8-30(9-13-32)42(23-44)16-17-42)21-27-5-10-31(11-6-27)45-35-20-33-29(18-34(35)43)22-49(41(33)52)36-14-15-38(50)46-40(36)51/h4,7-9,12-13,18-20,27,31,36,45H,5-6,10-11,14-17,21-22H2,1-3H3,(H,46,50,51). The first kappa shape index (κ1) is 34.6. The number of amides is 3. The Balaban J connectivity index is 0.987.